The van der Waals surface area contributed by atoms with Crippen molar-refractivity contribution in [3.05, 3.63) is 22.4 Å². The molecule has 0 aromatic carbocycles. The van der Waals surface area contributed by atoms with E-state index in [1.54, 1.807) is 11.3 Å². The topological polar surface area (TPSA) is 29.1 Å². The van der Waals surface area contributed by atoms with Crippen molar-refractivity contribution in [2.45, 2.75) is 27.3 Å². The largest absolute Gasteiger partial charge is 0.351 e. The highest BCUT2D eigenvalue weighted by molar-refractivity contribution is 7.09. The van der Waals surface area contributed by atoms with Crippen molar-refractivity contribution >= 4 is 17.2 Å². The SMILES string of the molecule is CC.CC(=O)NCc1cccs1. The van der Waals surface area contributed by atoms with Gasteiger partial charge in [-0.15, -0.1) is 11.3 Å². The fourth-order valence-corrected chi connectivity index (χ4v) is 1.27. The van der Waals surface area contributed by atoms with Crippen LogP contribution in [0.15, 0.2) is 17.5 Å². The van der Waals surface area contributed by atoms with E-state index in [0.717, 1.165) is 0 Å². The Labute approximate surface area is 77.6 Å². The molecule has 0 unspecified atom stereocenters. The molecule has 0 saturated heterocycles. The Morgan fingerprint density at radius 3 is 2.67 bits per heavy atom. The summed E-state index contributed by atoms with van der Waals surface area (Å²) in [4.78, 5) is 11.6. The van der Waals surface area contributed by atoms with E-state index in [2.05, 4.69) is 5.32 Å². The van der Waals surface area contributed by atoms with Gasteiger partial charge in [0.2, 0.25) is 5.91 Å². The van der Waals surface area contributed by atoms with Crippen molar-refractivity contribution in [1.82, 2.24) is 5.32 Å². The molecule has 1 rings (SSSR count). The highest BCUT2D eigenvalue weighted by Gasteiger charge is 1.92. The van der Waals surface area contributed by atoms with Gasteiger partial charge in [0.15, 0.2) is 0 Å². The summed E-state index contributed by atoms with van der Waals surface area (Å²) < 4.78 is 0. The van der Waals surface area contributed by atoms with Gasteiger partial charge < -0.3 is 5.32 Å². The van der Waals surface area contributed by atoms with Crippen molar-refractivity contribution in [3.8, 4) is 0 Å². The fraction of sp³-hybridized carbons (Fsp3) is 0.444. The summed E-state index contributed by atoms with van der Waals surface area (Å²) in [5, 5.41) is 4.72. The molecule has 0 spiro atoms. The third-order valence-electron chi connectivity index (χ3n) is 1.09. The summed E-state index contributed by atoms with van der Waals surface area (Å²) in [6.07, 6.45) is 0. The Bertz CT molecular complexity index is 206. The van der Waals surface area contributed by atoms with E-state index in [4.69, 9.17) is 0 Å². The Hall–Kier alpha value is -0.830. The fourth-order valence-electron chi connectivity index (χ4n) is 0.625. The van der Waals surface area contributed by atoms with Gasteiger partial charge >= 0.3 is 0 Å². The van der Waals surface area contributed by atoms with Crippen molar-refractivity contribution in [2.75, 3.05) is 0 Å². The van der Waals surface area contributed by atoms with Crippen LogP contribution in [0.25, 0.3) is 0 Å². The lowest BCUT2D eigenvalue weighted by atomic mass is 10.4. The first-order valence-electron chi connectivity index (χ1n) is 4.06. The van der Waals surface area contributed by atoms with Crippen LogP contribution in [0.1, 0.15) is 25.6 Å². The molecule has 3 heteroatoms. The zero-order chi connectivity index (χ0) is 9.40. The van der Waals surface area contributed by atoms with Crippen LogP contribution in [-0.4, -0.2) is 5.91 Å². The maximum Gasteiger partial charge on any atom is 0.217 e. The lowest BCUT2D eigenvalue weighted by Crippen LogP contribution is -2.17. The van der Waals surface area contributed by atoms with Gasteiger partial charge in [-0.05, 0) is 11.4 Å². The van der Waals surface area contributed by atoms with E-state index < -0.39 is 0 Å². The van der Waals surface area contributed by atoms with Crippen LogP contribution in [0.4, 0.5) is 0 Å². The molecular weight excluding hydrogens is 170 g/mol. The van der Waals surface area contributed by atoms with Gasteiger partial charge in [-0.2, -0.15) is 0 Å². The molecule has 0 fully saturated rings. The lowest BCUT2D eigenvalue weighted by Gasteiger charge is -1.96. The van der Waals surface area contributed by atoms with E-state index in [1.165, 1.54) is 11.8 Å². The minimum Gasteiger partial charge on any atom is -0.351 e. The first-order chi connectivity index (χ1) is 5.79. The molecule has 1 N–H and O–H groups in total. The molecular formula is C9H15NOS. The molecule has 2 nitrogen and oxygen atoms in total. The Balaban J connectivity index is 0.000000561. The number of rotatable bonds is 2. The predicted molar refractivity (Wildman–Crippen MR) is 53.2 cm³/mol. The summed E-state index contributed by atoms with van der Waals surface area (Å²) in [7, 11) is 0. The van der Waals surface area contributed by atoms with Crippen LogP contribution in [0.2, 0.25) is 0 Å². The van der Waals surface area contributed by atoms with Crippen molar-refractivity contribution in [3.63, 3.8) is 0 Å². The Kier molecular flexibility index (Phi) is 6.38. The normalized spacial score (nSPS) is 8.25. The van der Waals surface area contributed by atoms with Gasteiger partial charge in [-0.1, -0.05) is 19.9 Å². The summed E-state index contributed by atoms with van der Waals surface area (Å²) in [5.41, 5.74) is 0. The van der Waals surface area contributed by atoms with Gasteiger partial charge in [0.05, 0.1) is 6.54 Å². The highest BCUT2D eigenvalue weighted by atomic mass is 32.1. The number of thiophene rings is 1. The quantitative estimate of drug-likeness (QED) is 0.753. The molecule has 0 atom stereocenters. The van der Waals surface area contributed by atoms with Gasteiger partial charge in [0, 0.05) is 11.8 Å². The minimum atomic E-state index is 0.0217. The second kappa shape index (κ2) is 6.85. The third kappa shape index (κ3) is 4.91. The molecule has 1 aromatic rings. The number of hydrogen-bond donors (Lipinski definition) is 1. The molecule has 0 aliphatic carbocycles. The van der Waals surface area contributed by atoms with Crippen LogP contribution >= 0.6 is 11.3 Å². The van der Waals surface area contributed by atoms with E-state index in [-0.39, 0.29) is 5.91 Å². The molecule has 1 amide bonds. The summed E-state index contributed by atoms with van der Waals surface area (Å²) in [6, 6.07) is 3.97. The predicted octanol–water partition coefficient (Wildman–Crippen LogP) is 2.41. The van der Waals surface area contributed by atoms with E-state index in [9.17, 15) is 4.79 Å². The first-order valence-corrected chi connectivity index (χ1v) is 4.94. The number of amides is 1. The van der Waals surface area contributed by atoms with Crippen LogP contribution < -0.4 is 5.32 Å². The van der Waals surface area contributed by atoms with Crippen LogP contribution in [-0.2, 0) is 11.3 Å². The Morgan fingerprint density at radius 2 is 2.25 bits per heavy atom. The second-order valence-electron chi connectivity index (χ2n) is 1.99. The maximum absolute atomic E-state index is 10.4. The average Bonchev–Trinajstić information content (AvgIpc) is 2.56. The van der Waals surface area contributed by atoms with Gasteiger partial charge in [0.1, 0.15) is 0 Å². The molecule has 1 aromatic heterocycles. The molecule has 0 aliphatic heterocycles. The zero-order valence-corrected chi connectivity index (χ0v) is 8.57. The standard InChI is InChI=1S/C7H9NOS.C2H6/c1-6(9)8-5-7-3-2-4-10-7;1-2/h2-4H,5H2,1H3,(H,8,9);1-2H3. The highest BCUT2D eigenvalue weighted by Crippen LogP contribution is 2.06. The molecule has 68 valence electrons. The number of nitrogens with one attached hydrogen (secondary N) is 1. The van der Waals surface area contributed by atoms with Crippen LogP contribution in [0.3, 0.4) is 0 Å². The van der Waals surface area contributed by atoms with E-state index >= 15 is 0 Å². The third-order valence-corrected chi connectivity index (χ3v) is 1.97. The van der Waals surface area contributed by atoms with Crippen molar-refractivity contribution in [1.29, 1.82) is 0 Å². The van der Waals surface area contributed by atoms with Crippen LogP contribution in [0.5, 0.6) is 0 Å². The molecule has 0 radical (unpaired) electrons. The number of hydrogen-bond acceptors (Lipinski definition) is 2. The van der Waals surface area contributed by atoms with Gasteiger partial charge in [-0.3, -0.25) is 4.79 Å². The average molecular weight is 185 g/mol. The van der Waals surface area contributed by atoms with Gasteiger partial charge in [0.25, 0.3) is 0 Å². The monoisotopic (exact) mass is 185 g/mol. The number of carbonyl (C=O) groups is 1. The molecule has 0 aliphatic rings. The minimum absolute atomic E-state index is 0.0217. The van der Waals surface area contributed by atoms with E-state index in [0.29, 0.717) is 6.54 Å². The number of carbonyl (C=O) groups excluding carboxylic acids is 1. The molecule has 1 heterocycles. The van der Waals surface area contributed by atoms with Crippen molar-refractivity contribution < 1.29 is 4.79 Å². The molecule has 12 heavy (non-hydrogen) atoms. The maximum atomic E-state index is 10.4. The molecule has 0 bridgehead atoms. The smallest absolute Gasteiger partial charge is 0.217 e. The van der Waals surface area contributed by atoms with E-state index in [1.807, 2.05) is 31.4 Å². The first kappa shape index (κ1) is 11.2. The zero-order valence-electron chi connectivity index (χ0n) is 7.76. The van der Waals surface area contributed by atoms with Crippen LogP contribution in [0, 0.1) is 0 Å². The van der Waals surface area contributed by atoms with Crippen molar-refractivity contribution in [2.24, 2.45) is 0 Å². The second-order valence-corrected chi connectivity index (χ2v) is 3.02. The lowest BCUT2D eigenvalue weighted by molar-refractivity contribution is -0.119. The Morgan fingerprint density at radius 1 is 1.58 bits per heavy atom. The summed E-state index contributed by atoms with van der Waals surface area (Å²) >= 11 is 1.65. The van der Waals surface area contributed by atoms with Gasteiger partial charge in [-0.25, -0.2) is 0 Å². The molecule has 0 saturated carbocycles. The summed E-state index contributed by atoms with van der Waals surface area (Å²) in [6.45, 7) is 6.18. The summed E-state index contributed by atoms with van der Waals surface area (Å²) in [5.74, 6) is 0.0217.